The van der Waals surface area contributed by atoms with Gasteiger partial charge >= 0.3 is 13.6 Å². The van der Waals surface area contributed by atoms with Gasteiger partial charge in [0, 0.05) is 11.1 Å². The molecular formula is C21H26NO5P. The average molecular weight is 403 g/mol. The number of hydrogen-bond donors (Lipinski definition) is 0. The monoisotopic (exact) mass is 403 g/mol. The summed E-state index contributed by atoms with van der Waals surface area (Å²) in [7, 11) is -2.40. The molecule has 2 aromatic rings. The van der Waals surface area contributed by atoms with E-state index < -0.39 is 19.3 Å². The molecule has 0 bridgehead atoms. The van der Waals surface area contributed by atoms with Gasteiger partial charge in [0.2, 0.25) is 0 Å². The van der Waals surface area contributed by atoms with Crippen molar-refractivity contribution in [2.75, 3.05) is 20.3 Å². The molecule has 1 atom stereocenters. The number of carbonyl (C=O) groups excluding carboxylic acids is 1. The van der Waals surface area contributed by atoms with Gasteiger partial charge in [0.05, 0.1) is 32.5 Å². The molecule has 150 valence electrons. The highest BCUT2D eigenvalue weighted by molar-refractivity contribution is 7.54. The number of esters is 1. The molecule has 0 heterocycles. The number of carbonyl (C=O) groups is 1. The summed E-state index contributed by atoms with van der Waals surface area (Å²) in [6.07, 6.45) is -0.211. The van der Waals surface area contributed by atoms with E-state index in [4.69, 9.17) is 18.8 Å². The van der Waals surface area contributed by atoms with E-state index in [0.29, 0.717) is 5.71 Å². The zero-order chi connectivity index (χ0) is 20.4. The van der Waals surface area contributed by atoms with Crippen LogP contribution in [-0.2, 0) is 23.1 Å². The average Bonchev–Trinajstić information content (AvgIpc) is 2.72. The standard InChI is InChI=1S/C21H26NO5P/c1-4-26-28(24,27-5-2)19(16-20(23)25-3)22-21(17-12-8-6-9-13-17)18-14-10-7-11-15-18/h6-15,19H,4-5,16H2,1-3H3. The molecule has 0 fully saturated rings. The fraction of sp³-hybridized carbons (Fsp3) is 0.333. The summed E-state index contributed by atoms with van der Waals surface area (Å²) in [5, 5.41) is 0. The molecule has 2 rings (SSSR count). The predicted molar refractivity (Wildman–Crippen MR) is 110 cm³/mol. The van der Waals surface area contributed by atoms with E-state index in [9.17, 15) is 9.36 Å². The minimum Gasteiger partial charge on any atom is -0.469 e. The molecule has 28 heavy (non-hydrogen) atoms. The molecular weight excluding hydrogens is 377 g/mol. The van der Waals surface area contributed by atoms with Gasteiger partial charge in [-0.25, -0.2) is 0 Å². The van der Waals surface area contributed by atoms with Gasteiger partial charge in [-0.15, -0.1) is 0 Å². The third-order valence-corrected chi connectivity index (χ3v) is 6.20. The third-order valence-electron chi connectivity index (χ3n) is 3.93. The maximum atomic E-state index is 13.4. The van der Waals surface area contributed by atoms with Crippen LogP contribution in [0.3, 0.4) is 0 Å². The summed E-state index contributed by atoms with van der Waals surface area (Å²) in [5.41, 5.74) is 2.28. The first-order chi connectivity index (χ1) is 13.5. The smallest absolute Gasteiger partial charge is 0.355 e. The summed E-state index contributed by atoms with van der Waals surface area (Å²) >= 11 is 0. The lowest BCUT2D eigenvalue weighted by atomic mass is 10.0. The van der Waals surface area contributed by atoms with Crippen LogP contribution in [0.2, 0.25) is 0 Å². The highest BCUT2D eigenvalue weighted by Crippen LogP contribution is 2.55. The van der Waals surface area contributed by atoms with Crippen LogP contribution < -0.4 is 0 Å². The summed E-state index contributed by atoms with van der Waals surface area (Å²) in [6.45, 7) is 3.80. The van der Waals surface area contributed by atoms with Gasteiger partial charge in [-0.2, -0.15) is 0 Å². The largest absolute Gasteiger partial charge is 0.469 e. The summed E-state index contributed by atoms with van der Waals surface area (Å²) < 4.78 is 29.1. The topological polar surface area (TPSA) is 74.2 Å². The van der Waals surface area contributed by atoms with Gasteiger partial charge in [-0.1, -0.05) is 60.7 Å². The van der Waals surface area contributed by atoms with E-state index in [1.54, 1.807) is 13.8 Å². The van der Waals surface area contributed by atoms with Crippen molar-refractivity contribution in [2.24, 2.45) is 4.99 Å². The van der Waals surface area contributed by atoms with Gasteiger partial charge in [-0.3, -0.25) is 14.4 Å². The van der Waals surface area contributed by atoms with Gasteiger partial charge in [0.25, 0.3) is 0 Å². The molecule has 0 radical (unpaired) electrons. The molecule has 0 saturated heterocycles. The van der Waals surface area contributed by atoms with Gasteiger partial charge < -0.3 is 13.8 Å². The first-order valence-corrected chi connectivity index (χ1v) is 10.8. The fourth-order valence-electron chi connectivity index (χ4n) is 2.69. The van der Waals surface area contributed by atoms with Crippen molar-refractivity contribution < 1.29 is 23.1 Å². The molecule has 0 amide bonds. The van der Waals surface area contributed by atoms with Crippen LogP contribution in [0.5, 0.6) is 0 Å². The molecule has 0 saturated carbocycles. The maximum Gasteiger partial charge on any atom is 0.355 e. The third kappa shape index (κ3) is 5.86. The Balaban J connectivity index is 2.60. The van der Waals surface area contributed by atoms with Gasteiger partial charge in [0.1, 0.15) is 0 Å². The molecule has 0 aromatic heterocycles. The molecule has 0 aliphatic heterocycles. The van der Waals surface area contributed by atoms with Crippen LogP contribution in [0, 0.1) is 0 Å². The second-order valence-corrected chi connectivity index (χ2v) is 8.04. The Morgan fingerprint density at radius 3 is 1.79 bits per heavy atom. The minimum absolute atomic E-state index is 0.177. The minimum atomic E-state index is -3.68. The summed E-state index contributed by atoms with van der Waals surface area (Å²) in [4.78, 5) is 16.7. The fourth-order valence-corrected chi connectivity index (χ4v) is 4.45. The second-order valence-electron chi connectivity index (χ2n) is 5.85. The van der Waals surface area contributed by atoms with Crippen LogP contribution in [-0.4, -0.2) is 37.8 Å². The number of aliphatic imine (C=N–C) groups is 1. The second kappa shape index (κ2) is 10.9. The molecule has 0 N–H and O–H groups in total. The molecule has 1 unspecified atom stereocenters. The van der Waals surface area contributed by atoms with Crippen LogP contribution in [0.25, 0.3) is 0 Å². The lowest BCUT2D eigenvalue weighted by Gasteiger charge is -2.24. The van der Waals surface area contributed by atoms with Crippen molar-refractivity contribution in [3.63, 3.8) is 0 Å². The quantitative estimate of drug-likeness (QED) is 0.327. The lowest BCUT2D eigenvalue weighted by molar-refractivity contribution is -0.140. The summed E-state index contributed by atoms with van der Waals surface area (Å²) in [5.74, 6) is -1.55. The zero-order valence-corrected chi connectivity index (χ0v) is 17.3. The Hall–Kier alpha value is -2.27. The molecule has 0 aliphatic rings. The normalized spacial score (nSPS) is 12.2. The Labute approximate surface area is 166 Å². The van der Waals surface area contributed by atoms with E-state index in [0.717, 1.165) is 11.1 Å². The van der Waals surface area contributed by atoms with E-state index >= 15 is 0 Å². The first-order valence-electron chi connectivity index (χ1n) is 9.18. The zero-order valence-electron chi connectivity index (χ0n) is 16.4. The molecule has 2 aromatic carbocycles. The van der Waals surface area contributed by atoms with Gasteiger partial charge in [0.15, 0.2) is 5.78 Å². The number of nitrogens with zero attached hydrogens (tertiary/aromatic N) is 1. The number of hydrogen-bond acceptors (Lipinski definition) is 6. The van der Waals surface area contributed by atoms with Crippen LogP contribution >= 0.6 is 7.60 Å². The Morgan fingerprint density at radius 2 is 1.39 bits per heavy atom. The number of ether oxygens (including phenoxy) is 1. The van der Waals surface area contributed by atoms with Crippen LogP contribution in [0.15, 0.2) is 65.7 Å². The van der Waals surface area contributed by atoms with Crippen molar-refractivity contribution in [3.8, 4) is 0 Å². The molecule has 6 nitrogen and oxygen atoms in total. The number of methoxy groups -OCH3 is 1. The Bertz CT molecular complexity index is 772. The van der Waals surface area contributed by atoms with E-state index in [2.05, 4.69) is 0 Å². The van der Waals surface area contributed by atoms with Crippen molar-refractivity contribution in [1.82, 2.24) is 0 Å². The Morgan fingerprint density at radius 1 is 0.929 bits per heavy atom. The van der Waals surface area contributed by atoms with E-state index in [-0.39, 0.29) is 19.6 Å². The maximum absolute atomic E-state index is 13.4. The van der Waals surface area contributed by atoms with Gasteiger partial charge in [-0.05, 0) is 13.8 Å². The summed E-state index contributed by atoms with van der Waals surface area (Å²) in [6, 6.07) is 19.0. The van der Waals surface area contributed by atoms with Crippen LogP contribution in [0.1, 0.15) is 31.4 Å². The van der Waals surface area contributed by atoms with Crippen molar-refractivity contribution in [3.05, 3.63) is 71.8 Å². The predicted octanol–water partition coefficient (Wildman–Crippen LogP) is 4.68. The Kier molecular flexibility index (Phi) is 8.58. The highest BCUT2D eigenvalue weighted by atomic mass is 31.2. The molecule has 0 aliphatic carbocycles. The molecule has 0 spiro atoms. The SMILES string of the molecule is CCOP(=O)(OCC)C(CC(=O)OC)N=C(c1ccccc1)c1ccccc1. The van der Waals surface area contributed by atoms with Crippen molar-refractivity contribution >= 4 is 19.3 Å². The number of benzene rings is 2. The van der Waals surface area contributed by atoms with E-state index in [1.165, 1.54) is 7.11 Å². The van der Waals surface area contributed by atoms with E-state index in [1.807, 2.05) is 60.7 Å². The van der Waals surface area contributed by atoms with Crippen molar-refractivity contribution in [1.29, 1.82) is 0 Å². The van der Waals surface area contributed by atoms with Crippen molar-refractivity contribution in [2.45, 2.75) is 26.1 Å². The molecule has 7 heteroatoms. The van der Waals surface area contributed by atoms with Crippen LogP contribution in [0.4, 0.5) is 0 Å². The first kappa shape index (κ1) is 22.0. The lowest BCUT2D eigenvalue weighted by Crippen LogP contribution is -2.19. The number of rotatable bonds is 10. The highest BCUT2D eigenvalue weighted by Gasteiger charge is 2.38.